The molecule has 1 aliphatic carbocycles. The highest BCUT2D eigenvalue weighted by Crippen LogP contribution is 2.40. The summed E-state index contributed by atoms with van der Waals surface area (Å²) in [5.41, 5.74) is 1.97. The van der Waals surface area contributed by atoms with E-state index < -0.39 is 0 Å². The molecule has 1 heterocycles. The number of phenols is 2. The van der Waals surface area contributed by atoms with E-state index in [-0.39, 0.29) is 29.8 Å². The SMILES string of the molecule is O=C1CC(c2ccc(O)cc2)Oc2ccc(O)c(CNC3CCCCC3)c21. The lowest BCUT2D eigenvalue weighted by molar-refractivity contribution is 0.0847. The van der Waals surface area contributed by atoms with Crippen molar-refractivity contribution >= 4 is 5.78 Å². The van der Waals surface area contributed by atoms with E-state index in [1.165, 1.54) is 19.3 Å². The minimum Gasteiger partial charge on any atom is -0.508 e. The molecule has 0 radical (unpaired) electrons. The maximum absolute atomic E-state index is 12.9. The summed E-state index contributed by atoms with van der Waals surface area (Å²) < 4.78 is 6.07. The maximum atomic E-state index is 12.9. The van der Waals surface area contributed by atoms with Gasteiger partial charge < -0.3 is 20.3 Å². The van der Waals surface area contributed by atoms with Crippen LogP contribution in [-0.4, -0.2) is 22.0 Å². The molecule has 0 spiro atoms. The number of Topliss-reactive ketones (excluding diaryl/α,β-unsaturated/α-hetero) is 1. The van der Waals surface area contributed by atoms with Crippen LogP contribution in [0.4, 0.5) is 0 Å². The monoisotopic (exact) mass is 367 g/mol. The summed E-state index contributed by atoms with van der Waals surface area (Å²) in [6, 6.07) is 10.4. The van der Waals surface area contributed by atoms with Gasteiger partial charge in [0.2, 0.25) is 0 Å². The molecule has 1 atom stereocenters. The van der Waals surface area contributed by atoms with Crippen molar-refractivity contribution in [1.29, 1.82) is 0 Å². The van der Waals surface area contributed by atoms with Crippen LogP contribution in [0, 0.1) is 0 Å². The Balaban J connectivity index is 1.56. The van der Waals surface area contributed by atoms with Gasteiger partial charge in [-0.1, -0.05) is 31.4 Å². The number of carbonyl (C=O) groups is 1. The van der Waals surface area contributed by atoms with E-state index in [2.05, 4.69) is 5.32 Å². The van der Waals surface area contributed by atoms with E-state index in [4.69, 9.17) is 4.74 Å². The predicted octanol–water partition coefficient (Wildman–Crippen LogP) is 4.23. The van der Waals surface area contributed by atoms with Crippen LogP contribution >= 0.6 is 0 Å². The first kappa shape index (κ1) is 17.9. The van der Waals surface area contributed by atoms with Gasteiger partial charge in [-0.3, -0.25) is 4.79 Å². The van der Waals surface area contributed by atoms with Gasteiger partial charge in [-0.05, 0) is 42.7 Å². The van der Waals surface area contributed by atoms with E-state index in [9.17, 15) is 15.0 Å². The van der Waals surface area contributed by atoms with Crippen LogP contribution in [0.3, 0.4) is 0 Å². The van der Waals surface area contributed by atoms with Crippen LogP contribution in [0.15, 0.2) is 36.4 Å². The fourth-order valence-corrected chi connectivity index (χ4v) is 4.09. The number of phenolic OH excluding ortho intramolecular Hbond substituents is 2. The minimum atomic E-state index is -0.380. The second-order valence-electron chi connectivity index (χ2n) is 7.48. The van der Waals surface area contributed by atoms with Crippen LogP contribution in [0.1, 0.15) is 66.1 Å². The molecule has 0 bridgehead atoms. The molecule has 2 aromatic rings. The first-order valence-electron chi connectivity index (χ1n) is 9.69. The van der Waals surface area contributed by atoms with Crippen molar-refractivity contribution in [2.75, 3.05) is 0 Å². The van der Waals surface area contributed by atoms with Gasteiger partial charge in [0.15, 0.2) is 5.78 Å². The Hall–Kier alpha value is -2.53. The molecular weight excluding hydrogens is 342 g/mol. The summed E-state index contributed by atoms with van der Waals surface area (Å²) in [5.74, 6) is 0.813. The number of benzene rings is 2. The molecule has 0 aromatic heterocycles. The first-order chi connectivity index (χ1) is 13.1. The summed E-state index contributed by atoms with van der Waals surface area (Å²) in [6.07, 6.45) is 5.87. The number of fused-ring (bicyclic) bond motifs is 1. The lowest BCUT2D eigenvalue weighted by atomic mass is 9.91. The van der Waals surface area contributed by atoms with E-state index >= 15 is 0 Å². The fraction of sp³-hybridized carbons (Fsp3) is 0.409. The minimum absolute atomic E-state index is 0.0225. The number of ketones is 1. The molecule has 0 saturated heterocycles. The number of ether oxygens (including phenoxy) is 1. The van der Waals surface area contributed by atoms with E-state index in [0.29, 0.717) is 29.5 Å². The molecule has 1 unspecified atom stereocenters. The number of rotatable bonds is 4. The van der Waals surface area contributed by atoms with Gasteiger partial charge in [0.1, 0.15) is 23.4 Å². The number of hydrogen-bond donors (Lipinski definition) is 3. The average Bonchev–Trinajstić information content (AvgIpc) is 2.68. The summed E-state index contributed by atoms with van der Waals surface area (Å²) in [4.78, 5) is 12.9. The van der Waals surface area contributed by atoms with Gasteiger partial charge in [-0.15, -0.1) is 0 Å². The topological polar surface area (TPSA) is 78.8 Å². The standard InChI is InChI=1S/C22H25NO4/c24-16-8-6-14(7-9-16)21-12-19(26)22-17(18(25)10-11-20(22)27-21)13-23-15-4-2-1-3-5-15/h6-11,15,21,23-25H,1-5,12-13H2. The smallest absolute Gasteiger partial charge is 0.171 e. The Bertz CT molecular complexity index is 825. The molecule has 5 nitrogen and oxygen atoms in total. The zero-order chi connectivity index (χ0) is 18.8. The fourth-order valence-electron chi connectivity index (χ4n) is 4.09. The second kappa shape index (κ2) is 7.61. The highest BCUT2D eigenvalue weighted by atomic mass is 16.5. The van der Waals surface area contributed by atoms with Crippen molar-refractivity contribution in [3.05, 3.63) is 53.1 Å². The molecule has 1 saturated carbocycles. The highest BCUT2D eigenvalue weighted by molar-refractivity contribution is 6.02. The Labute approximate surface area is 159 Å². The third-order valence-corrected chi connectivity index (χ3v) is 5.61. The molecule has 27 heavy (non-hydrogen) atoms. The maximum Gasteiger partial charge on any atom is 0.171 e. The van der Waals surface area contributed by atoms with Crippen LogP contribution in [0.5, 0.6) is 17.2 Å². The first-order valence-corrected chi connectivity index (χ1v) is 9.69. The van der Waals surface area contributed by atoms with Crippen molar-refractivity contribution in [3.63, 3.8) is 0 Å². The van der Waals surface area contributed by atoms with Crippen molar-refractivity contribution < 1.29 is 19.7 Å². The molecule has 0 amide bonds. The van der Waals surface area contributed by atoms with Crippen molar-refractivity contribution in [1.82, 2.24) is 5.32 Å². The average molecular weight is 367 g/mol. The Kier molecular flexibility index (Phi) is 5.03. The zero-order valence-electron chi connectivity index (χ0n) is 15.3. The molecule has 4 rings (SSSR count). The molecule has 142 valence electrons. The summed E-state index contributed by atoms with van der Waals surface area (Å²) in [6.45, 7) is 0.471. The second-order valence-corrected chi connectivity index (χ2v) is 7.48. The van der Waals surface area contributed by atoms with Crippen molar-refractivity contribution in [2.24, 2.45) is 0 Å². The molecule has 2 aromatic carbocycles. The molecule has 2 aliphatic rings. The number of aromatic hydroxyl groups is 2. The molecule has 3 N–H and O–H groups in total. The summed E-state index contributed by atoms with van der Waals surface area (Å²) >= 11 is 0. The summed E-state index contributed by atoms with van der Waals surface area (Å²) in [7, 11) is 0. The Morgan fingerprint density at radius 3 is 2.48 bits per heavy atom. The van der Waals surface area contributed by atoms with Crippen LogP contribution in [-0.2, 0) is 6.54 Å². The lowest BCUT2D eigenvalue weighted by Crippen LogP contribution is -2.31. The van der Waals surface area contributed by atoms with E-state index in [1.54, 1.807) is 36.4 Å². The van der Waals surface area contributed by atoms with Crippen LogP contribution in [0.2, 0.25) is 0 Å². The third-order valence-electron chi connectivity index (χ3n) is 5.61. The van der Waals surface area contributed by atoms with Gasteiger partial charge in [-0.2, -0.15) is 0 Å². The lowest BCUT2D eigenvalue weighted by Gasteiger charge is -2.28. The van der Waals surface area contributed by atoms with Crippen molar-refractivity contribution in [2.45, 2.75) is 57.2 Å². The zero-order valence-corrected chi connectivity index (χ0v) is 15.3. The van der Waals surface area contributed by atoms with Gasteiger partial charge in [-0.25, -0.2) is 0 Å². The van der Waals surface area contributed by atoms with Crippen molar-refractivity contribution in [3.8, 4) is 17.2 Å². The number of hydrogen-bond acceptors (Lipinski definition) is 5. The summed E-state index contributed by atoms with van der Waals surface area (Å²) in [5, 5.41) is 23.3. The van der Waals surface area contributed by atoms with Gasteiger partial charge >= 0.3 is 0 Å². The van der Waals surface area contributed by atoms with Crippen LogP contribution < -0.4 is 10.1 Å². The molecule has 1 fully saturated rings. The molecular formula is C22H25NO4. The van der Waals surface area contributed by atoms with Gasteiger partial charge in [0, 0.05) is 18.2 Å². The molecule has 1 aliphatic heterocycles. The molecule has 5 heteroatoms. The highest BCUT2D eigenvalue weighted by Gasteiger charge is 2.31. The van der Waals surface area contributed by atoms with E-state index in [1.807, 2.05) is 0 Å². The third kappa shape index (κ3) is 3.78. The number of nitrogens with one attached hydrogen (secondary N) is 1. The Morgan fingerprint density at radius 1 is 1.00 bits per heavy atom. The Morgan fingerprint density at radius 2 is 1.74 bits per heavy atom. The van der Waals surface area contributed by atoms with Gasteiger partial charge in [0.05, 0.1) is 12.0 Å². The largest absolute Gasteiger partial charge is 0.508 e. The van der Waals surface area contributed by atoms with Crippen LogP contribution in [0.25, 0.3) is 0 Å². The van der Waals surface area contributed by atoms with E-state index in [0.717, 1.165) is 18.4 Å². The normalized spacial score (nSPS) is 20.1. The quantitative estimate of drug-likeness (QED) is 0.754. The predicted molar refractivity (Wildman–Crippen MR) is 102 cm³/mol. The van der Waals surface area contributed by atoms with Gasteiger partial charge in [0.25, 0.3) is 0 Å². The number of carbonyl (C=O) groups excluding carboxylic acids is 1.